The maximum atomic E-state index is 3.35. The molecule has 2 heteroatoms. The van der Waals surface area contributed by atoms with Gasteiger partial charge in [-0.15, -0.1) is 0 Å². The first-order valence-electron chi connectivity index (χ1n) is 5.02. The maximum absolute atomic E-state index is 3.35. The number of rotatable bonds is 4. The molecule has 0 heterocycles. The average Bonchev–Trinajstić information content (AvgIpc) is 2.15. The largest absolute Gasteiger partial charge is 0.312 e. The lowest BCUT2D eigenvalue weighted by molar-refractivity contribution is 0.352. The van der Waals surface area contributed by atoms with Crippen molar-refractivity contribution in [3.8, 4) is 0 Å². The summed E-state index contributed by atoms with van der Waals surface area (Å²) in [7, 11) is 6.21. The minimum atomic E-state index is 0.422. The summed E-state index contributed by atoms with van der Waals surface area (Å²) in [5, 5.41) is 3.35. The zero-order valence-corrected chi connectivity index (χ0v) is 9.54. The highest BCUT2D eigenvalue weighted by Gasteiger charge is 2.11. The average molecular weight is 192 g/mol. The Morgan fingerprint density at radius 3 is 2.43 bits per heavy atom. The Morgan fingerprint density at radius 1 is 1.29 bits per heavy atom. The molecule has 2 nitrogen and oxygen atoms in total. The molecule has 0 radical (unpaired) electrons. The molecule has 0 aliphatic carbocycles. The van der Waals surface area contributed by atoms with Crippen LogP contribution >= 0.6 is 0 Å². The van der Waals surface area contributed by atoms with E-state index in [0.717, 1.165) is 6.54 Å². The zero-order valence-electron chi connectivity index (χ0n) is 9.54. The lowest BCUT2D eigenvalue weighted by Gasteiger charge is -2.22. The van der Waals surface area contributed by atoms with E-state index in [1.807, 2.05) is 7.05 Å². The molecule has 0 spiro atoms. The second-order valence-corrected chi connectivity index (χ2v) is 3.96. The first kappa shape index (κ1) is 11.2. The van der Waals surface area contributed by atoms with Crippen molar-refractivity contribution in [3.05, 3.63) is 35.4 Å². The summed E-state index contributed by atoms with van der Waals surface area (Å²) in [6.45, 7) is 3.19. The fourth-order valence-electron chi connectivity index (χ4n) is 1.69. The molecule has 1 N–H and O–H groups in total. The highest BCUT2D eigenvalue weighted by molar-refractivity contribution is 5.28. The van der Waals surface area contributed by atoms with Gasteiger partial charge in [-0.2, -0.15) is 0 Å². The van der Waals surface area contributed by atoms with E-state index >= 15 is 0 Å². The van der Waals surface area contributed by atoms with E-state index in [4.69, 9.17) is 0 Å². The number of hydrogen-bond acceptors (Lipinski definition) is 2. The predicted molar refractivity (Wildman–Crippen MR) is 61.5 cm³/mol. The van der Waals surface area contributed by atoms with Crippen molar-refractivity contribution in [1.29, 1.82) is 0 Å². The minimum Gasteiger partial charge on any atom is -0.312 e. The van der Waals surface area contributed by atoms with Crippen molar-refractivity contribution in [2.24, 2.45) is 0 Å². The highest BCUT2D eigenvalue weighted by atomic mass is 15.1. The Bertz CT molecular complexity index is 281. The van der Waals surface area contributed by atoms with Crippen LogP contribution in [-0.2, 0) is 0 Å². The Labute approximate surface area is 86.9 Å². The molecule has 0 amide bonds. The van der Waals surface area contributed by atoms with Crippen LogP contribution in [0.5, 0.6) is 0 Å². The summed E-state index contributed by atoms with van der Waals surface area (Å²) in [5.41, 5.74) is 2.75. The number of likely N-dealkylation sites (N-methyl/N-ethyl adjacent to an activating group) is 2. The summed E-state index contributed by atoms with van der Waals surface area (Å²) in [4.78, 5) is 2.20. The van der Waals surface area contributed by atoms with Gasteiger partial charge in [0.1, 0.15) is 0 Å². The fraction of sp³-hybridized carbons (Fsp3) is 0.500. The Kier molecular flexibility index (Phi) is 4.11. The summed E-state index contributed by atoms with van der Waals surface area (Å²) >= 11 is 0. The van der Waals surface area contributed by atoms with Crippen molar-refractivity contribution in [2.45, 2.75) is 13.0 Å². The van der Waals surface area contributed by atoms with Gasteiger partial charge in [-0.25, -0.2) is 0 Å². The van der Waals surface area contributed by atoms with Crippen molar-refractivity contribution < 1.29 is 0 Å². The first-order chi connectivity index (χ1) is 6.65. The summed E-state index contributed by atoms with van der Waals surface area (Å²) < 4.78 is 0. The van der Waals surface area contributed by atoms with E-state index in [0.29, 0.717) is 6.04 Å². The molecule has 1 unspecified atom stereocenters. The molecule has 0 bridgehead atoms. The van der Waals surface area contributed by atoms with Crippen molar-refractivity contribution in [2.75, 3.05) is 27.7 Å². The van der Waals surface area contributed by atoms with Crippen LogP contribution in [0.15, 0.2) is 24.3 Å². The lowest BCUT2D eigenvalue weighted by atomic mass is 10.0. The molecule has 0 aromatic heterocycles. The standard InChI is InChI=1S/C12H20N2/c1-10-7-5-6-8-11(10)12(13-2)9-14(3)4/h5-8,12-13H,9H2,1-4H3. The smallest absolute Gasteiger partial charge is 0.0449 e. The molecule has 0 aliphatic rings. The maximum Gasteiger partial charge on any atom is 0.0449 e. The number of hydrogen-bond donors (Lipinski definition) is 1. The molecule has 1 aromatic carbocycles. The molecule has 0 saturated carbocycles. The monoisotopic (exact) mass is 192 g/mol. The number of aryl methyl sites for hydroxylation is 1. The fourth-order valence-corrected chi connectivity index (χ4v) is 1.69. The Hall–Kier alpha value is -0.860. The van der Waals surface area contributed by atoms with Crippen molar-refractivity contribution >= 4 is 0 Å². The lowest BCUT2D eigenvalue weighted by Crippen LogP contribution is -2.29. The third-order valence-corrected chi connectivity index (χ3v) is 2.46. The topological polar surface area (TPSA) is 15.3 Å². The normalized spacial score (nSPS) is 13.2. The number of benzene rings is 1. The van der Waals surface area contributed by atoms with E-state index < -0.39 is 0 Å². The summed E-state index contributed by atoms with van der Waals surface area (Å²) in [5.74, 6) is 0. The molecule has 0 aliphatic heterocycles. The van der Waals surface area contributed by atoms with Gasteiger partial charge in [0, 0.05) is 12.6 Å². The SMILES string of the molecule is CNC(CN(C)C)c1ccccc1C. The second kappa shape index (κ2) is 5.13. The van der Waals surface area contributed by atoms with Gasteiger partial charge in [0.25, 0.3) is 0 Å². The van der Waals surface area contributed by atoms with E-state index in [-0.39, 0.29) is 0 Å². The van der Waals surface area contributed by atoms with Crippen molar-refractivity contribution in [1.82, 2.24) is 10.2 Å². The van der Waals surface area contributed by atoms with E-state index in [2.05, 4.69) is 55.5 Å². The van der Waals surface area contributed by atoms with Gasteiger partial charge >= 0.3 is 0 Å². The van der Waals surface area contributed by atoms with Crippen LogP contribution in [0.25, 0.3) is 0 Å². The summed E-state index contributed by atoms with van der Waals surface area (Å²) in [6.07, 6.45) is 0. The van der Waals surface area contributed by atoms with Crippen LogP contribution in [0, 0.1) is 6.92 Å². The van der Waals surface area contributed by atoms with Gasteiger partial charge in [0.15, 0.2) is 0 Å². The first-order valence-corrected chi connectivity index (χ1v) is 5.02. The zero-order chi connectivity index (χ0) is 10.6. The van der Waals surface area contributed by atoms with Crippen molar-refractivity contribution in [3.63, 3.8) is 0 Å². The third-order valence-electron chi connectivity index (χ3n) is 2.46. The number of nitrogens with zero attached hydrogens (tertiary/aromatic N) is 1. The molecule has 14 heavy (non-hydrogen) atoms. The molecule has 1 aromatic rings. The van der Waals surface area contributed by atoms with Crippen LogP contribution in [0.1, 0.15) is 17.2 Å². The van der Waals surface area contributed by atoms with E-state index in [1.54, 1.807) is 0 Å². The molecular formula is C12H20N2. The predicted octanol–water partition coefficient (Wildman–Crippen LogP) is 1.82. The minimum absolute atomic E-state index is 0.422. The van der Waals surface area contributed by atoms with E-state index in [1.165, 1.54) is 11.1 Å². The number of nitrogens with one attached hydrogen (secondary N) is 1. The van der Waals surface area contributed by atoms with Gasteiger partial charge in [-0.3, -0.25) is 0 Å². The van der Waals surface area contributed by atoms with Gasteiger partial charge in [0.2, 0.25) is 0 Å². The Morgan fingerprint density at radius 2 is 1.93 bits per heavy atom. The van der Waals surface area contributed by atoms with Crippen LogP contribution in [-0.4, -0.2) is 32.6 Å². The Balaban J connectivity index is 2.83. The van der Waals surface area contributed by atoms with Crippen LogP contribution in [0.2, 0.25) is 0 Å². The molecular weight excluding hydrogens is 172 g/mol. The molecule has 0 saturated heterocycles. The summed E-state index contributed by atoms with van der Waals surface area (Å²) in [6, 6.07) is 8.96. The van der Waals surface area contributed by atoms with Gasteiger partial charge in [-0.1, -0.05) is 24.3 Å². The molecule has 1 rings (SSSR count). The third kappa shape index (κ3) is 2.82. The van der Waals surface area contributed by atoms with Gasteiger partial charge in [0.05, 0.1) is 0 Å². The van der Waals surface area contributed by atoms with Crippen LogP contribution in [0.4, 0.5) is 0 Å². The van der Waals surface area contributed by atoms with Crippen LogP contribution in [0.3, 0.4) is 0 Å². The molecule has 0 fully saturated rings. The molecule has 1 atom stereocenters. The van der Waals surface area contributed by atoms with Gasteiger partial charge in [-0.05, 0) is 39.2 Å². The second-order valence-electron chi connectivity index (χ2n) is 3.96. The van der Waals surface area contributed by atoms with Crippen LogP contribution < -0.4 is 5.32 Å². The molecule has 78 valence electrons. The van der Waals surface area contributed by atoms with Gasteiger partial charge < -0.3 is 10.2 Å². The van der Waals surface area contributed by atoms with E-state index in [9.17, 15) is 0 Å². The highest BCUT2D eigenvalue weighted by Crippen LogP contribution is 2.17. The quantitative estimate of drug-likeness (QED) is 0.783.